The molecule has 2 heterocycles. The summed E-state index contributed by atoms with van der Waals surface area (Å²) in [6, 6.07) is 7.37. The highest BCUT2D eigenvalue weighted by Crippen LogP contribution is 2.50. The molecular formula is C22H26N2O6. The average Bonchev–Trinajstić information content (AvgIpc) is 3.25. The molecule has 160 valence electrons. The van der Waals surface area contributed by atoms with Gasteiger partial charge in [-0.25, -0.2) is 0 Å². The molecule has 2 aromatic carbocycles. The molecule has 8 nitrogen and oxygen atoms in total. The zero-order valence-electron chi connectivity index (χ0n) is 17.6. The van der Waals surface area contributed by atoms with Crippen LogP contribution in [0.1, 0.15) is 29.2 Å². The van der Waals surface area contributed by atoms with Gasteiger partial charge in [-0.1, -0.05) is 5.16 Å². The monoisotopic (exact) mass is 414 g/mol. The molecule has 0 saturated heterocycles. The first-order chi connectivity index (χ1) is 14.6. The number of ether oxygens (including phenoxy) is 5. The minimum atomic E-state index is -0.0833. The van der Waals surface area contributed by atoms with Gasteiger partial charge in [-0.15, -0.1) is 0 Å². The highest BCUT2D eigenvalue weighted by atomic mass is 16.7. The number of methoxy groups -OCH3 is 3. The van der Waals surface area contributed by atoms with Crippen LogP contribution >= 0.6 is 0 Å². The van der Waals surface area contributed by atoms with Crippen LogP contribution in [0.3, 0.4) is 0 Å². The van der Waals surface area contributed by atoms with Crippen molar-refractivity contribution in [1.29, 1.82) is 0 Å². The molecular weight excluding hydrogens is 388 g/mol. The van der Waals surface area contributed by atoms with E-state index in [0.717, 1.165) is 24.1 Å². The molecule has 2 aromatic rings. The van der Waals surface area contributed by atoms with Gasteiger partial charge in [-0.05, 0) is 43.3 Å². The number of rotatable bonds is 6. The third-order valence-corrected chi connectivity index (χ3v) is 5.77. The largest absolute Gasteiger partial charge is 0.497 e. The van der Waals surface area contributed by atoms with Crippen molar-refractivity contribution in [2.45, 2.75) is 18.9 Å². The number of likely N-dealkylation sites (N-methyl/N-ethyl adjacent to an activating group) is 1. The second-order valence-corrected chi connectivity index (χ2v) is 7.28. The second-order valence-electron chi connectivity index (χ2n) is 7.28. The lowest BCUT2D eigenvalue weighted by atomic mass is 9.87. The quantitative estimate of drug-likeness (QED) is 0.441. The van der Waals surface area contributed by atoms with Crippen LogP contribution in [0.5, 0.6) is 28.7 Å². The van der Waals surface area contributed by atoms with Gasteiger partial charge in [0.05, 0.1) is 27.0 Å². The molecule has 0 fully saturated rings. The van der Waals surface area contributed by atoms with Crippen molar-refractivity contribution in [3.05, 3.63) is 41.0 Å². The van der Waals surface area contributed by atoms with Crippen LogP contribution in [0.2, 0.25) is 0 Å². The molecule has 1 unspecified atom stereocenters. The zero-order chi connectivity index (χ0) is 21.3. The Hall–Kier alpha value is -3.13. The fourth-order valence-corrected chi connectivity index (χ4v) is 4.21. The Bertz CT molecular complexity index is 975. The first-order valence-electron chi connectivity index (χ1n) is 9.74. The molecule has 0 bridgehead atoms. The molecule has 2 aliphatic heterocycles. The molecule has 0 aliphatic carbocycles. The third-order valence-electron chi connectivity index (χ3n) is 5.77. The van der Waals surface area contributed by atoms with Gasteiger partial charge in [0.1, 0.15) is 11.5 Å². The lowest BCUT2D eigenvalue weighted by Crippen LogP contribution is -2.34. The van der Waals surface area contributed by atoms with Crippen molar-refractivity contribution in [2.24, 2.45) is 5.16 Å². The summed E-state index contributed by atoms with van der Waals surface area (Å²) in [5.74, 6) is 3.27. The van der Waals surface area contributed by atoms with Crippen LogP contribution in [-0.4, -0.2) is 57.5 Å². The van der Waals surface area contributed by atoms with Crippen LogP contribution in [0.15, 0.2) is 29.4 Å². The number of hydrogen-bond acceptors (Lipinski definition) is 8. The van der Waals surface area contributed by atoms with Gasteiger partial charge in [-0.2, -0.15) is 0 Å². The highest BCUT2D eigenvalue weighted by Gasteiger charge is 2.35. The highest BCUT2D eigenvalue weighted by molar-refractivity contribution is 6.03. The van der Waals surface area contributed by atoms with Crippen molar-refractivity contribution >= 4 is 5.71 Å². The molecule has 2 aliphatic rings. The van der Waals surface area contributed by atoms with Crippen LogP contribution in [-0.2, 0) is 6.42 Å². The number of nitrogens with zero attached hydrogens (tertiary/aromatic N) is 2. The topological polar surface area (TPSA) is 82.0 Å². The number of benzene rings is 2. The molecule has 1 atom stereocenters. The number of hydrogen-bond donors (Lipinski definition) is 1. The minimum Gasteiger partial charge on any atom is -0.497 e. The summed E-state index contributed by atoms with van der Waals surface area (Å²) in [6.45, 7) is 1.04. The zero-order valence-corrected chi connectivity index (χ0v) is 17.6. The maximum Gasteiger partial charge on any atom is 0.231 e. The van der Waals surface area contributed by atoms with E-state index < -0.39 is 0 Å². The summed E-state index contributed by atoms with van der Waals surface area (Å²) in [6.07, 6.45) is 1.31. The van der Waals surface area contributed by atoms with Crippen molar-refractivity contribution < 1.29 is 28.9 Å². The first kappa shape index (κ1) is 20.2. The Labute approximate surface area is 175 Å². The standard InChI is InChI=1S/C22H26N2O6/c1-24-8-7-13-9-19-21(30-12-29-19)22(28-4)20(13)17(24)11-16(23-25)15-10-14(26-2)5-6-18(15)27-3/h5-6,9-10,17,25H,7-8,11-12H2,1-4H3/b23-16-. The normalized spacial score (nSPS) is 18.1. The van der Waals surface area contributed by atoms with E-state index in [2.05, 4.69) is 17.1 Å². The van der Waals surface area contributed by atoms with Crippen LogP contribution in [0.25, 0.3) is 0 Å². The van der Waals surface area contributed by atoms with E-state index in [4.69, 9.17) is 23.7 Å². The predicted molar refractivity (Wildman–Crippen MR) is 111 cm³/mol. The van der Waals surface area contributed by atoms with Crippen LogP contribution in [0.4, 0.5) is 0 Å². The summed E-state index contributed by atoms with van der Waals surface area (Å²) in [4.78, 5) is 2.23. The van der Waals surface area contributed by atoms with Crippen molar-refractivity contribution in [1.82, 2.24) is 4.90 Å². The summed E-state index contributed by atoms with van der Waals surface area (Å²) in [5.41, 5.74) is 3.35. The summed E-state index contributed by atoms with van der Waals surface area (Å²) < 4.78 is 27.9. The molecule has 8 heteroatoms. The van der Waals surface area contributed by atoms with E-state index in [-0.39, 0.29) is 12.8 Å². The van der Waals surface area contributed by atoms with E-state index >= 15 is 0 Å². The van der Waals surface area contributed by atoms with Gasteiger partial charge in [-0.3, -0.25) is 4.90 Å². The Balaban J connectivity index is 1.77. The molecule has 0 radical (unpaired) electrons. The Kier molecular flexibility index (Phi) is 5.59. The summed E-state index contributed by atoms with van der Waals surface area (Å²) in [5, 5.41) is 13.5. The molecule has 0 aromatic heterocycles. The van der Waals surface area contributed by atoms with E-state index in [1.807, 2.05) is 18.2 Å². The Morgan fingerprint density at radius 2 is 2.00 bits per heavy atom. The van der Waals surface area contributed by atoms with Gasteiger partial charge in [0.2, 0.25) is 12.5 Å². The fraction of sp³-hybridized carbons (Fsp3) is 0.409. The number of oxime groups is 1. The van der Waals surface area contributed by atoms with Gasteiger partial charge in [0.15, 0.2) is 11.5 Å². The molecule has 4 rings (SSSR count). The molecule has 30 heavy (non-hydrogen) atoms. The van der Waals surface area contributed by atoms with E-state index in [1.165, 1.54) is 0 Å². The summed E-state index contributed by atoms with van der Waals surface area (Å²) in [7, 11) is 6.87. The van der Waals surface area contributed by atoms with E-state index in [1.54, 1.807) is 27.4 Å². The maximum atomic E-state index is 9.91. The minimum absolute atomic E-state index is 0.0833. The van der Waals surface area contributed by atoms with Crippen molar-refractivity contribution in [3.8, 4) is 28.7 Å². The van der Waals surface area contributed by atoms with Crippen LogP contribution < -0.4 is 23.7 Å². The van der Waals surface area contributed by atoms with Crippen molar-refractivity contribution in [2.75, 3.05) is 41.7 Å². The SMILES string of the molecule is COc1ccc(OC)c(/C(CC2c3c(cc4c(c3OC)OCO4)CCN2C)=N\O)c1. The van der Waals surface area contributed by atoms with E-state index in [0.29, 0.717) is 46.4 Å². The lowest BCUT2D eigenvalue weighted by Gasteiger charge is -2.36. The fourth-order valence-electron chi connectivity index (χ4n) is 4.21. The summed E-state index contributed by atoms with van der Waals surface area (Å²) >= 11 is 0. The predicted octanol–water partition coefficient (Wildman–Crippen LogP) is 3.24. The Morgan fingerprint density at radius 1 is 1.17 bits per heavy atom. The van der Waals surface area contributed by atoms with Gasteiger partial charge in [0, 0.05) is 30.1 Å². The molecule has 1 N–H and O–H groups in total. The molecule has 0 saturated carbocycles. The smallest absolute Gasteiger partial charge is 0.231 e. The molecule has 0 amide bonds. The van der Waals surface area contributed by atoms with Crippen molar-refractivity contribution in [3.63, 3.8) is 0 Å². The third kappa shape index (κ3) is 3.37. The van der Waals surface area contributed by atoms with Gasteiger partial charge < -0.3 is 28.9 Å². The first-order valence-corrected chi connectivity index (χ1v) is 9.74. The maximum absolute atomic E-state index is 9.91. The van der Waals surface area contributed by atoms with Gasteiger partial charge in [0.25, 0.3) is 0 Å². The van der Waals surface area contributed by atoms with Crippen LogP contribution in [0, 0.1) is 0 Å². The second kappa shape index (κ2) is 8.31. The molecule has 0 spiro atoms. The Morgan fingerprint density at radius 3 is 2.70 bits per heavy atom. The number of fused-ring (bicyclic) bond motifs is 2. The van der Waals surface area contributed by atoms with E-state index in [9.17, 15) is 5.21 Å². The average molecular weight is 414 g/mol. The lowest BCUT2D eigenvalue weighted by molar-refractivity contribution is 0.170. The van der Waals surface area contributed by atoms with Gasteiger partial charge >= 0.3 is 0 Å².